The Bertz CT molecular complexity index is 851. The molecule has 4 unspecified atom stereocenters. The summed E-state index contributed by atoms with van der Waals surface area (Å²) in [5, 5.41) is 0. The SMILES string of the molecule is COC(=O)C1(C)CC2C(C)C(OCc3cc(C(F)(F)F)cc(C(F)(F)F)c3)CN2C1=O. The fourth-order valence-electron chi connectivity index (χ4n) is 4.29. The first-order valence-electron chi connectivity index (χ1n) is 9.48. The van der Waals surface area contributed by atoms with Crippen molar-refractivity contribution in [1.29, 1.82) is 0 Å². The van der Waals surface area contributed by atoms with Crippen molar-refractivity contribution in [3.05, 3.63) is 34.9 Å². The molecule has 2 saturated heterocycles. The normalized spacial score (nSPS) is 28.7. The number of fused-ring (bicyclic) bond motifs is 1. The van der Waals surface area contributed by atoms with E-state index in [0.29, 0.717) is 12.1 Å². The number of nitrogens with zero attached hydrogens (tertiary/aromatic N) is 1. The quantitative estimate of drug-likeness (QED) is 0.392. The lowest BCUT2D eigenvalue weighted by molar-refractivity contribution is -0.158. The summed E-state index contributed by atoms with van der Waals surface area (Å²) in [6, 6.07) is 0.962. The van der Waals surface area contributed by atoms with Gasteiger partial charge in [0.25, 0.3) is 0 Å². The van der Waals surface area contributed by atoms with Gasteiger partial charge in [0, 0.05) is 18.5 Å². The van der Waals surface area contributed by atoms with Crippen LogP contribution in [0.1, 0.15) is 37.0 Å². The third-order valence-corrected chi connectivity index (χ3v) is 6.07. The Hall–Kier alpha value is -2.30. The fourth-order valence-corrected chi connectivity index (χ4v) is 4.29. The van der Waals surface area contributed by atoms with Gasteiger partial charge in [-0.05, 0) is 37.1 Å². The second kappa shape index (κ2) is 7.68. The highest BCUT2D eigenvalue weighted by Crippen LogP contribution is 2.45. The maximum Gasteiger partial charge on any atom is 0.416 e. The molecule has 11 heteroatoms. The van der Waals surface area contributed by atoms with E-state index in [2.05, 4.69) is 0 Å². The van der Waals surface area contributed by atoms with Crippen molar-refractivity contribution in [2.24, 2.45) is 11.3 Å². The molecule has 1 aromatic rings. The summed E-state index contributed by atoms with van der Waals surface area (Å²) in [6.45, 7) is 2.86. The van der Waals surface area contributed by atoms with E-state index in [-0.39, 0.29) is 36.6 Å². The first-order chi connectivity index (χ1) is 14.2. The lowest BCUT2D eigenvalue weighted by atomic mass is 9.83. The molecule has 0 aliphatic carbocycles. The number of rotatable bonds is 4. The van der Waals surface area contributed by atoms with E-state index in [1.807, 2.05) is 0 Å². The molecule has 5 nitrogen and oxygen atoms in total. The van der Waals surface area contributed by atoms with Gasteiger partial charge >= 0.3 is 18.3 Å². The molecule has 0 bridgehead atoms. The lowest BCUT2D eigenvalue weighted by Crippen LogP contribution is -2.40. The van der Waals surface area contributed by atoms with Crippen LogP contribution in [0.5, 0.6) is 0 Å². The van der Waals surface area contributed by atoms with Crippen molar-refractivity contribution in [3.8, 4) is 0 Å². The molecule has 1 aromatic carbocycles. The van der Waals surface area contributed by atoms with Crippen LogP contribution in [-0.2, 0) is 38.0 Å². The average Bonchev–Trinajstić information content (AvgIpc) is 3.12. The molecule has 0 saturated carbocycles. The van der Waals surface area contributed by atoms with Crippen LogP contribution >= 0.6 is 0 Å². The zero-order chi connectivity index (χ0) is 23.4. The van der Waals surface area contributed by atoms with Crippen molar-refractivity contribution in [1.82, 2.24) is 4.90 Å². The van der Waals surface area contributed by atoms with Crippen molar-refractivity contribution in [2.45, 2.75) is 51.4 Å². The Labute approximate surface area is 174 Å². The zero-order valence-corrected chi connectivity index (χ0v) is 16.9. The molecule has 3 rings (SSSR count). The number of hydrogen-bond donors (Lipinski definition) is 0. The number of benzene rings is 1. The Morgan fingerprint density at radius 1 is 1.13 bits per heavy atom. The lowest BCUT2D eigenvalue weighted by Gasteiger charge is -2.23. The number of esters is 1. The van der Waals surface area contributed by atoms with Crippen molar-refractivity contribution in [2.75, 3.05) is 13.7 Å². The Morgan fingerprint density at radius 2 is 1.68 bits per heavy atom. The van der Waals surface area contributed by atoms with Crippen LogP contribution < -0.4 is 0 Å². The molecule has 172 valence electrons. The fraction of sp³-hybridized carbons (Fsp3) is 0.600. The molecule has 2 aliphatic rings. The van der Waals surface area contributed by atoms with Crippen molar-refractivity contribution < 1.29 is 45.4 Å². The molecule has 0 spiro atoms. The number of halogens is 6. The zero-order valence-electron chi connectivity index (χ0n) is 16.9. The first kappa shape index (κ1) is 23.4. The Kier molecular flexibility index (Phi) is 5.79. The molecule has 4 atom stereocenters. The number of carbonyl (C=O) groups excluding carboxylic acids is 2. The molecule has 0 N–H and O–H groups in total. The van der Waals surface area contributed by atoms with Crippen molar-refractivity contribution in [3.63, 3.8) is 0 Å². The highest BCUT2D eigenvalue weighted by atomic mass is 19.4. The van der Waals surface area contributed by atoms with Crippen LogP contribution in [0.3, 0.4) is 0 Å². The van der Waals surface area contributed by atoms with Crippen molar-refractivity contribution >= 4 is 11.9 Å². The summed E-state index contributed by atoms with van der Waals surface area (Å²) >= 11 is 0. The first-order valence-corrected chi connectivity index (χ1v) is 9.48. The van der Waals surface area contributed by atoms with Gasteiger partial charge in [-0.15, -0.1) is 0 Å². The Morgan fingerprint density at radius 3 is 2.13 bits per heavy atom. The maximum absolute atomic E-state index is 13.0. The van der Waals surface area contributed by atoms with Gasteiger partial charge in [-0.3, -0.25) is 9.59 Å². The number of alkyl halides is 6. The molecule has 1 amide bonds. The standard InChI is InChI=1S/C20H21F6NO4/c1-10-14-7-18(2,17(29)30-3)16(28)27(14)8-15(10)31-9-11-4-12(19(21,22)23)6-13(5-11)20(24,25)26/h4-6,10,14-15H,7-9H2,1-3H3. The minimum Gasteiger partial charge on any atom is -0.468 e. The van der Waals surface area contributed by atoms with E-state index >= 15 is 0 Å². The summed E-state index contributed by atoms with van der Waals surface area (Å²) in [4.78, 5) is 26.2. The molecule has 2 fully saturated rings. The number of hydrogen-bond acceptors (Lipinski definition) is 4. The molecule has 31 heavy (non-hydrogen) atoms. The largest absolute Gasteiger partial charge is 0.468 e. The van der Waals surface area contributed by atoms with Crippen LogP contribution in [0.15, 0.2) is 18.2 Å². The molecule has 0 aromatic heterocycles. The van der Waals surface area contributed by atoms with Gasteiger partial charge in [-0.2, -0.15) is 26.3 Å². The highest BCUT2D eigenvalue weighted by molar-refractivity contribution is 6.04. The van der Waals surface area contributed by atoms with Gasteiger partial charge in [0.15, 0.2) is 0 Å². The number of methoxy groups -OCH3 is 1. The molecular formula is C20H21F6NO4. The molecule has 2 aliphatic heterocycles. The van der Waals surface area contributed by atoms with E-state index in [0.717, 1.165) is 0 Å². The smallest absolute Gasteiger partial charge is 0.416 e. The van der Waals surface area contributed by atoms with Crippen LogP contribution in [0.4, 0.5) is 26.3 Å². The monoisotopic (exact) mass is 453 g/mol. The van der Waals surface area contributed by atoms with Crippen LogP contribution in [0.25, 0.3) is 0 Å². The number of amides is 1. The predicted octanol–water partition coefficient (Wildman–Crippen LogP) is 4.04. The average molecular weight is 453 g/mol. The maximum atomic E-state index is 13.0. The number of carbonyl (C=O) groups is 2. The highest BCUT2D eigenvalue weighted by Gasteiger charge is 2.59. The Balaban J connectivity index is 1.75. The third-order valence-electron chi connectivity index (χ3n) is 6.07. The van der Waals surface area contributed by atoms with Crippen LogP contribution in [-0.4, -0.2) is 42.6 Å². The minimum atomic E-state index is -4.94. The van der Waals surface area contributed by atoms with E-state index in [1.165, 1.54) is 18.9 Å². The number of ether oxygens (including phenoxy) is 2. The second-order valence-corrected chi connectivity index (χ2v) is 8.18. The molecule has 0 radical (unpaired) electrons. The van der Waals surface area contributed by atoms with Gasteiger partial charge < -0.3 is 14.4 Å². The van der Waals surface area contributed by atoms with Gasteiger partial charge in [-0.25, -0.2) is 0 Å². The summed E-state index contributed by atoms with van der Waals surface area (Å²) in [5.74, 6) is -1.36. The van der Waals surface area contributed by atoms with Gasteiger partial charge in [0.1, 0.15) is 5.41 Å². The van der Waals surface area contributed by atoms with E-state index < -0.39 is 53.5 Å². The van der Waals surface area contributed by atoms with Gasteiger partial charge in [-0.1, -0.05) is 6.92 Å². The summed E-state index contributed by atoms with van der Waals surface area (Å²) in [6.07, 6.45) is -10.3. The van der Waals surface area contributed by atoms with Crippen LogP contribution in [0.2, 0.25) is 0 Å². The third kappa shape index (κ3) is 4.24. The minimum absolute atomic E-state index is 0.0596. The van der Waals surface area contributed by atoms with E-state index in [9.17, 15) is 35.9 Å². The van der Waals surface area contributed by atoms with Gasteiger partial charge in [0.05, 0.1) is 30.9 Å². The summed E-state index contributed by atoms with van der Waals surface area (Å²) in [7, 11) is 1.18. The van der Waals surface area contributed by atoms with Crippen LogP contribution in [0, 0.1) is 11.3 Å². The second-order valence-electron chi connectivity index (χ2n) is 8.18. The van der Waals surface area contributed by atoms with E-state index in [4.69, 9.17) is 9.47 Å². The topological polar surface area (TPSA) is 55.8 Å². The van der Waals surface area contributed by atoms with Gasteiger partial charge in [0.2, 0.25) is 5.91 Å². The summed E-state index contributed by atoms with van der Waals surface area (Å²) < 4.78 is 88.4. The molecular weight excluding hydrogens is 432 g/mol. The van der Waals surface area contributed by atoms with E-state index in [1.54, 1.807) is 6.92 Å². The molecule has 2 heterocycles. The summed E-state index contributed by atoms with van der Waals surface area (Å²) in [5.41, 5.74) is -4.41. The predicted molar refractivity (Wildman–Crippen MR) is 94.4 cm³/mol.